The van der Waals surface area contributed by atoms with Crippen molar-refractivity contribution in [1.82, 2.24) is 25.9 Å². The Kier molecular flexibility index (Phi) is 3.39. The lowest BCUT2D eigenvalue weighted by molar-refractivity contribution is -0.122. The van der Waals surface area contributed by atoms with Crippen molar-refractivity contribution in [1.29, 1.82) is 0 Å². The maximum atomic E-state index is 12.5. The molecular weight excluding hydrogens is 290 g/mol. The van der Waals surface area contributed by atoms with Crippen LogP contribution >= 0.6 is 0 Å². The molecule has 6 nitrogen and oxygen atoms in total. The van der Waals surface area contributed by atoms with Gasteiger partial charge in [-0.25, -0.2) is 0 Å². The molecular formula is C17H21N5O. The van der Waals surface area contributed by atoms with Crippen LogP contribution in [0.4, 0.5) is 0 Å². The first-order valence-corrected chi connectivity index (χ1v) is 8.29. The smallest absolute Gasteiger partial charge is 0.224 e. The Hall–Kier alpha value is -2.24. The number of benzene rings is 1. The first-order chi connectivity index (χ1) is 11.1. The predicted molar refractivity (Wildman–Crippen MR) is 85.3 cm³/mol. The lowest BCUT2D eigenvalue weighted by Gasteiger charge is -2.31. The van der Waals surface area contributed by atoms with Crippen LogP contribution in [0.5, 0.6) is 0 Å². The third-order valence-corrected chi connectivity index (χ3v) is 5.15. The van der Waals surface area contributed by atoms with Crippen molar-refractivity contribution in [3.8, 4) is 11.4 Å². The number of carbonyl (C=O) groups is 1. The van der Waals surface area contributed by atoms with Crippen LogP contribution in [0.3, 0.4) is 0 Å². The number of tetrazole rings is 1. The maximum Gasteiger partial charge on any atom is 0.224 e. The highest BCUT2D eigenvalue weighted by Gasteiger charge is 2.51. The minimum atomic E-state index is 0.00234. The van der Waals surface area contributed by atoms with Gasteiger partial charge in [0.25, 0.3) is 0 Å². The second-order valence-electron chi connectivity index (χ2n) is 6.99. The maximum absolute atomic E-state index is 12.5. The molecule has 0 bridgehead atoms. The summed E-state index contributed by atoms with van der Waals surface area (Å²) in [5.74, 6) is 2.00. The van der Waals surface area contributed by atoms with Crippen molar-refractivity contribution in [2.24, 2.45) is 11.8 Å². The highest BCUT2D eigenvalue weighted by atomic mass is 16.1. The van der Waals surface area contributed by atoms with Crippen molar-refractivity contribution >= 4 is 5.91 Å². The van der Waals surface area contributed by atoms with Gasteiger partial charge >= 0.3 is 0 Å². The minimum absolute atomic E-state index is 0.00234. The average Bonchev–Trinajstić information content (AvgIpc) is 3.45. The molecule has 2 aromatic rings. The van der Waals surface area contributed by atoms with Crippen LogP contribution in [0, 0.1) is 11.8 Å². The molecule has 0 spiro atoms. The zero-order chi connectivity index (χ0) is 15.9. The number of hydrogen-bond donors (Lipinski definition) is 2. The molecule has 0 unspecified atom stereocenters. The highest BCUT2D eigenvalue weighted by molar-refractivity contribution is 5.80. The summed E-state index contributed by atoms with van der Waals surface area (Å²) in [5.41, 5.74) is 1.84. The Morgan fingerprint density at radius 1 is 1.30 bits per heavy atom. The normalized spacial score (nSPS) is 18.0. The van der Waals surface area contributed by atoms with E-state index in [1.165, 1.54) is 25.7 Å². The molecule has 2 N–H and O–H groups in total. The fraction of sp³-hybridized carbons (Fsp3) is 0.529. The van der Waals surface area contributed by atoms with Gasteiger partial charge in [0.2, 0.25) is 11.7 Å². The van der Waals surface area contributed by atoms with Gasteiger partial charge in [-0.2, -0.15) is 5.21 Å². The molecule has 23 heavy (non-hydrogen) atoms. The Bertz CT molecular complexity index is 692. The summed E-state index contributed by atoms with van der Waals surface area (Å²) in [6.45, 7) is 2.23. The van der Waals surface area contributed by atoms with E-state index in [2.05, 4.69) is 32.9 Å². The van der Waals surface area contributed by atoms with Crippen LogP contribution < -0.4 is 5.32 Å². The number of aromatic nitrogens is 4. The third-order valence-electron chi connectivity index (χ3n) is 5.15. The number of rotatable bonds is 6. The molecule has 1 heterocycles. The van der Waals surface area contributed by atoms with Gasteiger partial charge in [0, 0.05) is 11.1 Å². The minimum Gasteiger partial charge on any atom is -0.350 e. The van der Waals surface area contributed by atoms with E-state index in [0.29, 0.717) is 24.1 Å². The Balaban J connectivity index is 1.45. The number of nitrogens with one attached hydrogen (secondary N) is 2. The van der Waals surface area contributed by atoms with E-state index in [1.54, 1.807) is 0 Å². The second-order valence-corrected chi connectivity index (χ2v) is 6.99. The van der Waals surface area contributed by atoms with E-state index in [0.717, 1.165) is 11.1 Å². The summed E-state index contributed by atoms with van der Waals surface area (Å²) < 4.78 is 0. The van der Waals surface area contributed by atoms with Crippen LogP contribution in [0.25, 0.3) is 11.4 Å². The van der Waals surface area contributed by atoms with Crippen LogP contribution in [0.2, 0.25) is 0 Å². The van der Waals surface area contributed by atoms with Crippen LogP contribution in [0.1, 0.15) is 38.2 Å². The Morgan fingerprint density at radius 2 is 2.04 bits per heavy atom. The molecule has 0 aliphatic heterocycles. The van der Waals surface area contributed by atoms with E-state index in [4.69, 9.17) is 0 Å². The van der Waals surface area contributed by atoms with Gasteiger partial charge in [0.1, 0.15) is 0 Å². The van der Waals surface area contributed by atoms with Gasteiger partial charge < -0.3 is 5.32 Å². The van der Waals surface area contributed by atoms with Gasteiger partial charge in [-0.15, -0.1) is 10.2 Å². The van der Waals surface area contributed by atoms with Gasteiger partial charge in [-0.1, -0.05) is 18.2 Å². The monoisotopic (exact) mass is 311 g/mol. The van der Waals surface area contributed by atoms with Gasteiger partial charge in [-0.3, -0.25) is 4.79 Å². The second kappa shape index (κ2) is 5.44. The standard InChI is InChI=1S/C17H21N5O/c1-17(13-5-6-13,14-7-8-14)18-15(23)10-11-3-2-4-12(9-11)16-19-21-22-20-16/h2-4,9,13-14H,5-8,10H2,1H3,(H,18,23)(H,19,20,21,22). The third kappa shape index (κ3) is 2.98. The summed E-state index contributed by atoms with van der Waals surface area (Å²) in [5, 5.41) is 17.3. The van der Waals surface area contributed by atoms with E-state index < -0.39 is 0 Å². The molecule has 1 amide bonds. The highest BCUT2D eigenvalue weighted by Crippen LogP contribution is 2.51. The molecule has 1 aromatic heterocycles. The van der Waals surface area contributed by atoms with Crippen molar-refractivity contribution in [3.05, 3.63) is 29.8 Å². The van der Waals surface area contributed by atoms with Crippen LogP contribution in [0.15, 0.2) is 24.3 Å². The van der Waals surface area contributed by atoms with E-state index >= 15 is 0 Å². The molecule has 2 saturated carbocycles. The van der Waals surface area contributed by atoms with E-state index in [1.807, 2.05) is 24.3 Å². The number of aromatic amines is 1. The quantitative estimate of drug-likeness (QED) is 0.856. The molecule has 0 saturated heterocycles. The van der Waals surface area contributed by atoms with E-state index in [9.17, 15) is 4.79 Å². The summed E-state index contributed by atoms with van der Waals surface area (Å²) in [6, 6.07) is 7.77. The number of hydrogen-bond acceptors (Lipinski definition) is 4. The number of H-pyrrole nitrogens is 1. The largest absolute Gasteiger partial charge is 0.350 e. The summed E-state index contributed by atoms with van der Waals surface area (Å²) >= 11 is 0. The van der Waals surface area contributed by atoms with Crippen LogP contribution in [-0.2, 0) is 11.2 Å². The lowest BCUT2D eigenvalue weighted by Crippen LogP contribution is -2.50. The van der Waals surface area contributed by atoms with Crippen molar-refractivity contribution in [2.75, 3.05) is 0 Å². The molecule has 0 radical (unpaired) electrons. The first kappa shape index (κ1) is 14.4. The van der Waals surface area contributed by atoms with Crippen molar-refractivity contribution in [3.63, 3.8) is 0 Å². The number of amides is 1. The average molecular weight is 311 g/mol. The van der Waals surface area contributed by atoms with Crippen molar-refractivity contribution < 1.29 is 4.79 Å². The summed E-state index contributed by atoms with van der Waals surface area (Å²) in [4.78, 5) is 12.5. The number of nitrogens with zero attached hydrogens (tertiary/aromatic N) is 3. The topological polar surface area (TPSA) is 83.6 Å². The van der Waals surface area contributed by atoms with E-state index in [-0.39, 0.29) is 11.4 Å². The molecule has 6 heteroatoms. The number of carbonyl (C=O) groups excluding carboxylic acids is 1. The molecule has 2 aliphatic carbocycles. The van der Waals surface area contributed by atoms with Gasteiger partial charge in [0.15, 0.2) is 0 Å². The molecule has 0 atom stereocenters. The SMILES string of the molecule is CC(NC(=O)Cc1cccc(-c2nn[nH]n2)c1)(C1CC1)C1CC1. The zero-order valence-electron chi connectivity index (χ0n) is 13.2. The van der Waals surface area contributed by atoms with Gasteiger partial charge in [0.05, 0.1) is 6.42 Å². The fourth-order valence-corrected chi connectivity index (χ4v) is 3.54. The Morgan fingerprint density at radius 3 is 2.65 bits per heavy atom. The summed E-state index contributed by atoms with van der Waals surface area (Å²) in [6.07, 6.45) is 5.39. The molecule has 2 aliphatic rings. The lowest BCUT2D eigenvalue weighted by atomic mass is 9.89. The predicted octanol–water partition coefficient (Wildman–Crippen LogP) is 2.10. The molecule has 1 aromatic carbocycles. The summed E-state index contributed by atoms with van der Waals surface area (Å²) in [7, 11) is 0. The molecule has 4 rings (SSSR count). The first-order valence-electron chi connectivity index (χ1n) is 8.29. The van der Waals surface area contributed by atoms with Crippen molar-refractivity contribution in [2.45, 2.75) is 44.6 Å². The molecule has 120 valence electrons. The zero-order valence-corrected chi connectivity index (χ0v) is 13.2. The van der Waals surface area contributed by atoms with Gasteiger partial charge in [-0.05, 0) is 61.3 Å². The Labute approximate surface area is 135 Å². The van der Waals surface area contributed by atoms with Crippen LogP contribution in [-0.4, -0.2) is 32.1 Å². The fourth-order valence-electron chi connectivity index (χ4n) is 3.54. The molecule has 2 fully saturated rings.